The van der Waals surface area contributed by atoms with Crippen molar-refractivity contribution < 1.29 is 9.53 Å². The Bertz CT molecular complexity index is 1250. The van der Waals surface area contributed by atoms with Crippen molar-refractivity contribution in [1.82, 2.24) is 15.1 Å². The number of benzene rings is 1. The van der Waals surface area contributed by atoms with Crippen molar-refractivity contribution in [2.45, 2.75) is 87.6 Å². The van der Waals surface area contributed by atoms with Crippen molar-refractivity contribution in [1.29, 1.82) is 0 Å². The van der Waals surface area contributed by atoms with Crippen LogP contribution in [-0.2, 0) is 9.53 Å². The molecule has 0 aliphatic carbocycles. The number of hydrogen-bond acceptors (Lipinski definition) is 6. The molecule has 6 heteroatoms. The summed E-state index contributed by atoms with van der Waals surface area (Å²) >= 11 is 0. The number of hydrogen-bond donors (Lipinski definition) is 2. The molecule has 3 N–H and O–H groups in total. The molecule has 2 heterocycles. The van der Waals surface area contributed by atoms with E-state index < -0.39 is 0 Å². The monoisotopic (exact) mass is 630 g/mol. The van der Waals surface area contributed by atoms with Crippen LogP contribution in [0.2, 0.25) is 0 Å². The molecule has 1 aromatic carbocycles. The SMILES string of the molecule is C=C/C=C(N/C(=C\C)c1ccc(C)cc1)\C(C)=C(/C)N1CCOCC1.CC/C=C/C=C(\C=C(/C)CC)N1CC(N)C1.CCC(C)=O. The zero-order chi connectivity index (χ0) is 34.5. The fraction of sp³-hybridized carbons (Fsp3) is 0.475. The third-order valence-corrected chi connectivity index (χ3v) is 8.00. The maximum atomic E-state index is 9.81. The van der Waals surface area contributed by atoms with Crippen LogP contribution in [-0.4, -0.2) is 61.0 Å². The summed E-state index contributed by atoms with van der Waals surface area (Å²) < 4.78 is 5.47. The zero-order valence-electron chi connectivity index (χ0n) is 30.3. The molecule has 1 aromatic rings. The molecule has 6 nitrogen and oxygen atoms in total. The number of nitrogens with zero attached hydrogens (tertiary/aromatic N) is 2. The van der Waals surface area contributed by atoms with E-state index in [-0.39, 0.29) is 5.78 Å². The van der Waals surface area contributed by atoms with Gasteiger partial charge in [0, 0.05) is 61.4 Å². The van der Waals surface area contributed by atoms with Gasteiger partial charge in [-0.3, -0.25) is 0 Å². The molecule has 0 spiro atoms. The van der Waals surface area contributed by atoms with Crippen molar-refractivity contribution in [3.63, 3.8) is 0 Å². The Morgan fingerprint density at radius 3 is 2.09 bits per heavy atom. The van der Waals surface area contributed by atoms with Crippen LogP contribution in [0.3, 0.4) is 0 Å². The summed E-state index contributed by atoms with van der Waals surface area (Å²) in [6, 6.07) is 8.93. The highest BCUT2D eigenvalue weighted by molar-refractivity contribution is 5.74. The fourth-order valence-electron chi connectivity index (χ4n) is 4.52. The van der Waals surface area contributed by atoms with Crippen molar-refractivity contribution in [2.24, 2.45) is 5.73 Å². The second-order valence-corrected chi connectivity index (χ2v) is 11.8. The average molecular weight is 631 g/mol. The summed E-state index contributed by atoms with van der Waals surface area (Å²) in [6.45, 7) is 27.8. The standard InChI is InChI=1S/C22H30N2O.C14H24N2.C4H8O/c1-6-8-22(18(4)19(5)24-13-15-25-16-14-24)23-21(7-2)20-11-9-17(3)10-12-20;1-4-6-7-8-14(9-12(3)5-2)16-10-13(15)11-16;1-3-4(2)5/h6-12,23H,1,13-16H2,2-5H3;6-9,13H,4-5,10-11,15H2,1-3H3;3H2,1-2H3/b19-18+,21-7-,22-8+;7-6+,12-9+,14-8+;. The normalized spacial score (nSPS) is 16.9. The lowest BCUT2D eigenvalue weighted by atomic mass is 10.1. The van der Waals surface area contributed by atoms with Crippen molar-refractivity contribution in [3.8, 4) is 0 Å². The largest absolute Gasteiger partial charge is 0.378 e. The number of morpholine rings is 1. The first-order valence-corrected chi connectivity index (χ1v) is 16.9. The van der Waals surface area contributed by atoms with E-state index in [2.05, 4.69) is 125 Å². The molecule has 0 bridgehead atoms. The molecular formula is C40H62N4O2. The summed E-state index contributed by atoms with van der Waals surface area (Å²) in [6.07, 6.45) is 17.6. The van der Waals surface area contributed by atoms with Crippen LogP contribution in [0.1, 0.15) is 85.8 Å². The van der Waals surface area contributed by atoms with Gasteiger partial charge in [0.2, 0.25) is 0 Å². The van der Waals surface area contributed by atoms with Crippen molar-refractivity contribution in [2.75, 3.05) is 39.4 Å². The molecule has 3 rings (SSSR count). The predicted molar refractivity (Wildman–Crippen MR) is 199 cm³/mol. The van der Waals surface area contributed by atoms with Gasteiger partial charge in [0.15, 0.2) is 0 Å². The maximum absolute atomic E-state index is 9.81. The number of allylic oxidation sites excluding steroid dienone is 10. The van der Waals surface area contributed by atoms with E-state index in [4.69, 9.17) is 10.5 Å². The summed E-state index contributed by atoms with van der Waals surface area (Å²) in [5, 5.41) is 3.60. The molecule has 254 valence electrons. The Hall–Kier alpha value is -3.61. The molecule has 2 fully saturated rings. The lowest BCUT2D eigenvalue weighted by Crippen LogP contribution is -2.54. The fourth-order valence-corrected chi connectivity index (χ4v) is 4.52. The van der Waals surface area contributed by atoms with Gasteiger partial charge in [0.05, 0.1) is 13.2 Å². The van der Waals surface area contributed by atoms with Gasteiger partial charge in [-0.2, -0.15) is 0 Å². The van der Waals surface area contributed by atoms with E-state index in [1.54, 1.807) is 6.92 Å². The van der Waals surface area contributed by atoms with Gasteiger partial charge < -0.3 is 30.4 Å². The third kappa shape index (κ3) is 15.1. The summed E-state index contributed by atoms with van der Waals surface area (Å²) in [5.41, 5.74) is 15.7. The smallest absolute Gasteiger partial charge is 0.129 e. The highest BCUT2D eigenvalue weighted by Crippen LogP contribution is 2.22. The van der Waals surface area contributed by atoms with Gasteiger partial charge in [-0.1, -0.05) is 87.1 Å². The number of ether oxygens (including phenoxy) is 1. The number of aryl methyl sites for hydroxylation is 1. The van der Waals surface area contributed by atoms with E-state index in [0.717, 1.165) is 63.6 Å². The van der Waals surface area contributed by atoms with E-state index in [9.17, 15) is 4.79 Å². The lowest BCUT2D eigenvalue weighted by Gasteiger charge is -2.39. The molecule has 0 aromatic heterocycles. The average Bonchev–Trinajstić information content (AvgIpc) is 3.05. The molecule has 46 heavy (non-hydrogen) atoms. The van der Waals surface area contributed by atoms with Gasteiger partial charge in [0.25, 0.3) is 0 Å². The zero-order valence-corrected chi connectivity index (χ0v) is 30.3. The first-order valence-electron chi connectivity index (χ1n) is 16.9. The van der Waals surface area contributed by atoms with E-state index in [1.807, 2.05) is 19.1 Å². The number of likely N-dealkylation sites (tertiary alicyclic amines) is 1. The van der Waals surface area contributed by atoms with Gasteiger partial charge >= 0.3 is 0 Å². The summed E-state index contributed by atoms with van der Waals surface area (Å²) in [5.74, 6) is 0.255. The van der Waals surface area contributed by atoms with Gasteiger partial charge in [-0.05, 0) is 83.7 Å². The number of nitrogens with two attached hydrogens (primary N) is 1. The molecule has 0 amide bonds. The number of nitrogens with one attached hydrogen (secondary N) is 1. The Labute approximate surface area is 281 Å². The van der Waals surface area contributed by atoms with Crippen LogP contribution >= 0.6 is 0 Å². The highest BCUT2D eigenvalue weighted by atomic mass is 16.5. The third-order valence-electron chi connectivity index (χ3n) is 8.00. The van der Waals surface area contributed by atoms with Crippen molar-refractivity contribution >= 4 is 11.5 Å². The number of rotatable bonds is 12. The molecule has 2 saturated heterocycles. The van der Waals surface area contributed by atoms with Crippen molar-refractivity contribution in [3.05, 3.63) is 113 Å². The van der Waals surface area contributed by atoms with E-state index >= 15 is 0 Å². The minimum atomic E-state index is 0.255. The second kappa shape index (κ2) is 22.8. The van der Waals surface area contributed by atoms with Gasteiger partial charge in [-0.15, -0.1) is 0 Å². The van der Waals surface area contributed by atoms with E-state index in [0.29, 0.717) is 12.5 Å². The number of carbonyl (C=O) groups is 1. The molecular weight excluding hydrogens is 568 g/mol. The number of ketones is 1. The number of Topliss-reactive ketones (excluding diaryl/α,β-unsaturated/α-hetero) is 1. The molecule has 2 aliphatic heterocycles. The van der Waals surface area contributed by atoms with E-state index in [1.165, 1.54) is 33.7 Å². The Kier molecular flexibility index (Phi) is 20.1. The quantitative estimate of drug-likeness (QED) is 0.226. The Morgan fingerprint density at radius 2 is 1.61 bits per heavy atom. The van der Waals surface area contributed by atoms with Crippen LogP contribution in [0.4, 0.5) is 0 Å². The highest BCUT2D eigenvalue weighted by Gasteiger charge is 2.23. The van der Waals surface area contributed by atoms with Crippen LogP contribution in [0.15, 0.2) is 102 Å². The first kappa shape index (κ1) is 40.4. The molecule has 0 radical (unpaired) electrons. The second-order valence-electron chi connectivity index (χ2n) is 11.8. The number of carbonyl (C=O) groups excluding carboxylic acids is 1. The van der Waals surface area contributed by atoms with Crippen LogP contribution in [0.5, 0.6) is 0 Å². The topological polar surface area (TPSA) is 70.8 Å². The Morgan fingerprint density at radius 1 is 1.00 bits per heavy atom. The van der Waals surface area contributed by atoms with Crippen LogP contribution in [0.25, 0.3) is 5.70 Å². The maximum Gasteiger partial charge on any atom is 0.129 e. The molecule has 0 saturated carbocycles. The molecule has 0 unspecified atom stereocenters. The summed E-state index contributed by atoms with van der Waals surface area (Å²) in [4.78, 5) is 14.5. The Balaban J connectivity index is 0.000000430. The summed E-state index contributed by atoms with van der Waals surface area (Å²) in [7, 11) is 0. The van der Waals surface area contributed by atoms with Gasteiger partial charge in [0.1, 0.15) is 5.78 Å². The minimum absolute atomic E-state index is 0.255. The lowest BCUT2D eigenvalue weighted by molar-refractivity contribution is -0.116. The molecule has 2 aliphatic rings. The predicted octanol–water partition coefficient (Wildman–Crippen LogP) is 8.46. The van der Waals surface area contributed by atoms with Crippen LogP contribution in [0, 0.1) is 6.92 Å². The molecule has 0 atom stereocenters. The van der Waals surface area contributed by atoms with Crippen LogP contribution < -0.4 is 11.1 Å². The van der Waals surface area contributed by atoms with Gasteiger partial charge in [-0.25, -0.2) is 0 Å². The minimum Gasteiger partial charge on any atom is -0.378 e. The first-order chi connectivity index (χ1) is 22.0.